The van der Waals surface area contributed by atoms with Gasteiger partial charge in [-0.25, -0.2) is 4.39 Å². The van der Waals surface area contributed by atoms with Gasteiger partial charge in [0.05, 0.1) is 12.5 Å². The van der Waals surface area contributed by atoms with Crippen molar-refractivity contribution in [3.63, 3.8) is 0 Å². The lowest BCUT2D eigenvalue weighted by Gasteiger charge is -2.34. The van der Waals surface area contributed by atoms with Crippen LogP contribution in [0.1, 0.15) is 0 Å². The van der Waals surface area contributed by atoms with Crippen molar-refractivity contribution in [2.75, 3.05) is 19.5 Å². The maximum atomic E-state index is 14.3. The van der Waals surface area contributed by atoms with E-state index in [1.54, 1.807) is 19.3 Å². The van der Waals surface area contributed by atoms with Gasteiger partial charge in [-0.2, -0.15) is 0 Å². The minimum Gasteiger partial charge on any atom is -0.393 e. The third-order valence-corrected chi connectivity index (χ3v) is 3.91. The maximum Gasteiger partial charge on any atom is 0.174 e. The van der Waals surface area contributed by atoms with Crippen LogP contribution in [0.3, 0.4) is 0 Å². The Bertz CT molecular complexity index is 453. The monoisotopic (exact) mass is 305 g/mol. The van der Waals surface area contributed by atoms with Gasteiger partial charge in [0.2, 0.25) is 0 Å². The van der Waals surface area contributed by atoms with E-state index < -0.39 is 30.7 Å². The van der Waals surface area contributed by atoms with Crippen LogP contribution < -0.4 is 5.32 Å². The molecule has 112 valence electrons. The zero-order chi connectivity index (χ0) is 14.9. The molecule has 0 saturated carbocycles. The zero-order valence-corrected chi connectivity index (χ0v) is 11.7. The minimum atomic E-state index is -1.73. The van der Waals surface area contributed by atoms with E-state index in [9.17, 15) is 14.6 Å². The molecule has 0 aliphatic carbocycles. The lowest BCUT2D eigenvalue weighted by molar-refractivity contribution is -0.121. The summed E-state index contributed by atoms with van der Waals surface area (Å²) in [7, 11) is 1.60. The lowest BCUT2D eigenvalue weighted by Crippen LogP contribution is -2.47. The van der Waals surface area contributed by atoms with Crippen LogP contribution in [0.5, 0.6) is 0 Å². The van der Waals surface area contributed by atoms with Crippen LogP contribution in [0.15, 0.2) is 29.7 Å². The van der Waals surface area contributed by atoms with Gasteiger partial charge in [-0.1, -0.05) is 6.58 Å². The second-order valence-electron chi connectivity index (χ2n) is 4.66. The molecule has 2 rings (SSSR count). The molecule has 8 heteroatoms. The van der Waals surface area contributed by atoms with E-state index in [1.807, 2.05) is 0 Å². The lowest BCUT2D eigenvalue weighted by atomic mass is 9.99. The predicted molar refractivity (Wildman–Crippen MR) is 72.9 cm³/mol. The number of halogens is 2. The second kappa shape index (κ2) is 5.69. The van der Waals surface area contributed by atoms with Crippen LogP contribution in [0.2, 0.25) is 0 Å². The van der Waals surface area contributed by atoms with Gasteiger partial charge in [0.25, 0.3) is 0 Å². The number of nitrogens with one attached hydrogen (secondary N) is 1. The van der Waals surface area contributed by atoms with Crippen LogP contribution in [0.4, 0.5) is 4.39 Å². The van der Waals surface area contributed by atoms with Gasteiger partial charge in [-0.3, -0.25) is 4.99 Å². The fourth-order valence-electron chi connectivity index (χ4n) is 2.18. The summed E-state index contributed by atoms with van der Waals surface area (Å²) in [5.41, 5.74) is -1.51. The quantitative estimate of drug-likeness (QED) is 0.636. The number of alkyl halides is 2. The summed E-state index contributed by atoms with van der Waals surface area (Å²) in [5.74, 6) is 0.711. The number of ether oxygens (including phenoxy) is 1. The smallest absolute Gasteiger partial charge is 0.174 e. The first-order chi connectivity index (χ1) is 9.49. The molecular weight excluding hydrogens is 289 g/mol. The van der Waals surface area contributed by atoms with Crippen molar-refractivity contribution >= 4 is 17.4 Å². The molecule has 0 radical (unpaired) electrons. The Kier molecular flexibility index (Phi) is 4.33. The van der Waals surface area contributed by atoms with Crippen LogP contribution in [-0.4, -0.2) is 64.6 Å². The first kappa shape index (κ1) is 15.2. The molecule has 0 aromatic heterocycles. The fourth-order valence-corrected chi connectivity index (χ4v) is 2.48. The van der Waals surface area contributed by atoms with Crippen molar-refractivity contribution < 1.29 is 19.3 Å². The number of aliphatic hydroxyl groups is 2. The molecule has 2 heterocycles. The SMILES string of the molecule is C=C1NC(=NC)C=CN1[C@@H]1O[C@@](CO)(CCl)[C@@H](O)[C@H]1F. The van der Waals surface area contributed by atoms with Gasteiger partial charge >= 0.3 is 0 Å². The highest BCUT2D eigenvalue weighted by atomic mass is 35.5. The number of aliphatic imine (C=N–C) groups is 1. The van der Waals surface area contributed by atoms with E-state index in [1.165, 1.54) is 4.90 Å². The van der Waals surface area contributed by atoms with Crippen LogP contribution >= 0.6 is 11.6 Å². The Hall–Kier alpha value is -1.15. The number of nitrogens with zero attached hydrogens (tertiary/aromatic N) is 2. The summed E-state index contributed by atoms with van der Waals surface area (Å²) in [4.78, 5) is 5.34. The van der Waals surface area contributed by atoms with E-state index in [4.69, 9.17) is 16.3 Å². The summed E-state index contributed by atoms with van der Waals surface area (Å²) in [5, 5.41) is 22.1. The van der Waals surface area contributed by atoms with Crippen molar-refractivity contribution in [3.05, 3.63) is 24.7 Å². The van der Waals surface area contributed by atoms with Gasteiger partial charge in [0.15, 0.2) is 12.4 Å². The molecule has 4 atom stereocenters. The molecule has 0 unspecified atom stereocenters. The number of hydrogen-bond donors (Lipinski definition) is 3. The molecule has 3 N–H and O–H groups in total. The average Bonchev–Trinajstić information content (AvgIpc) is 2.72. The number of amidine groups is 1. The Balaban J connectivity index is 2.24. The zero-order valence-electron chi connectivity index (χ0n) is 11.0. The molecule has 1 saturated heterocycles. The van der Waals surface area contributed by atoms with Gasteiger partial charge < -0.3 is 25.2 Å². The largest absolute Gasteiger partial charge is 0.393 e. The van der Waals surface area contributed by atoms with Gasteiger partial charge in [-0.15, -0.1) is 11.6 Å². The first-order valence-electron chi connectivity index (χ1n) is 6.05. The van der Waals surface area contributed by atoms with E-state index >= 15 is 0 Å². The molecule has 6 nitrogen and oxygen atoms in total. The van der Waals surface area contributed by atoms with E-state index in [2.05, 4.69) is 16.9 Å². The second-order valence-corrected chi connectivity index (χ2v) is 4.93. The normalized spacial score (nSPS) is 39.5. The summed E-state index contributed by atoms with van der Waals surface area (Å²) in [6, 6.07) is 0. The Labute approximate surface area is 121 Å². The molecule has 2 aliphatic rings. The number of rotatable bonds is 3. The van der Waals surface area contributed by atoms with Gasteiger partial charge in [0, 0.05) is 13.2 Å². The van der Waals surface area contributed by atoms with Crippen molar-refractivity contribution in [2.24, 2.45) is 4.99 Å². The van der Waals surface area contributed by atoms with Crippen molar-refractivity contribution in [2.45, 2.75) is 24.1 Å². The molecule has 0 amide bonds. The van der Waals surface area contributed by atoms with E-state index in [-0.39, 0.29) is 5.88 Å². The molecule has 1 fully saturated rings. The summed E-state index contributed by atoms with van der Waals surface area (Å²) in [6.45, 7) is 3.18. The number of hydrogen-bond acceptors (Lipinski definition) is 5. The Morgan fingerprint density at radius 1 is 1.70 bits per heavy atom. The molecule has 0 aromatic rings. The van der Waals surface area contributed by atoms with Crippen LogP contribution in [0, 0.1) is 0 Å². The van der Waals surface area contributed by atoms with E-state index in [0.717, 1.165) is 0 Å². The highest BCUT2D eigenvalue weighted by molar-refractivity contribution is 6.18. The molecule has 20 heavy (non-hydrogen) atoms. The fraction of sp³-hybridized carbons (Fsp3) is 0.583. The third kappa shape index (κ3) is 2.31. The van der Waals surface area contributed by atoms with Crippen molar-refractivity contribution in [3.8, 4) is 0 Å². The molecule has 0 aromatic carbocycles. The summed E-state index contributed by atoms with van der Waals surface area (Å²) < 4.78 is 19.7. The van der Waals surface area contributed by atoms with Crippen LogP contribution in [-0.2, 0) is 4.74 Å². The standard InChI is InChI=1S/C12H17ClFN3O3/c1-7-16-8(15-2)3-4-17(7)11-9(14)10(19)12(5-13,6-18)20-11/h3-4,9-11,18-19H,1,5-6H2,2H3,(H,15,16)/t9-,10+,11-,12-/m1/s1. The van der Waals surface area contributed by atoms with Crippen molar-refractivity contribution in [1.29, 1.82) is 0 Å². The predicted octanol–water partition coefficient (Wildman–Crippen LogP) is -0.0700. The highest BCUT2D eigenvalue weighted by Crippen LogP contribution is 2.37. The van der Waals surface area contributed by atoms with E-state index in [0.29, 0.717) is 11.7 Å². The molecular formula is C12H17ClFN3O3. The van der Waals surface area contributed by atoms with Crippen molar-refractivity contribution in [1.82, 2.24) is 10.2 Å². The first-order valence-corrected chi connectivity index (χ1v) is 6.58. The minimum absolute atomic E-state index is 0.222. The van der Waals surface area contributed by atoms with Gasteiger partial charge in [0.1, 0.15) is 23.4 Å². The highest BCUT2D eigenvalue weighted by Gasteiger charge is 2.56. The summed E-state index contributed by atoms with van der Waals surface area (Å²) >= 11 is 5.71. The van der Waals surface area contributed by atoms with Crippen LogP contribution in [0.25, 0.3) is 0 Å². The summed E-state index contributed by atoms with van der Waals surface area (Å²) in [6.07, 6.45) is -1.20. The topological polar surface area (TPSA) is 77.3 Å². The molecule has 0 bridgehead atoms. The molecule has 2 aliphatic heterocycles. The Morgan fingerprint density at radius 2 is 2.40 bits per heavy atom. The van der Waals surface area contributed by atoms with Gasteiger partial charge in [-0.05, 0) is 6.08 Å². The number of aliphatic hydroxyl groups excluding tert-OH is 2. The Morgan fingerprint density at radius 3 is 2.85 bits per heavy atom. The third-order valence-electron chi connectivity index (χ3n) is 3.45. The average molecular weight is 306 g/mol. The maximum absolute atomic E-state index is 14.3. The molecule has 0 spiro atoms.